The Morgan fingerprint density at radius 1 is 1.12 bits per heavy atom. The van der Waals surface area contributed by atoms with E-state index in [0.29, 0.717) is 25.6 Å². The first-order valence-electron chi connectivity index (χ1n) is 11.8. The monoisotopic (exact) mass is 444 g/mol. The highest BCUT2D eigenvalue weighted by atomic mass is 16.6. The molecule has 0 unspecified atom stereocenters. The Balaban J connectivity index is 1.26. The molecule has 0 bridgehead atoms. The average Bonchev–Trinajstić information content (AvgIpc) is 3.58. The van der Waals surface area contributed by atoms with E-state index in [-0.39, 0.29) is 48.9 Å². The molecule has 3 aliphatic heterocycles. The Bertz CT molecular complexity index is 851. The molecule has 8 nitrogen and oxygen atoms in total. The summed E-state index contributed by atoms with van der Waals surface area (Å²) in [5.41, 5.74) is 1.75. The topological polar surface area (TPSA) is 106 Å². The second-order valence-corrected chi connectivity index (χ2v) is 9.48. The van der Waals surface area contributed by atoms with Crippen LogP contribution in [0.4, 0.5) is 5.69 Å². The summed E-state index contributed by atoms with van der Waals surface area (Å²) in [6.45, 7) is 1.82. The average molecular weight is 445 g/mol. The molecule has 0 radical (unpaired) electrons. The van der Waals surface area contributed by atoms with Gasteiger partial charge in [-0.25, -0.2) is 0 Å². The van der Waals surface area contributed by atoms with Crippen molar-refractivity contribution in [3.63, 3.8) is 0 Å². The van der Waals surface area contributed by atoms with Gasteiger partial charge in [-0.3, -0.25) is 9.59 Å². The fourth-order valence-corrected chi connectivity index (χ4v) is 5.03. The van der Waals surface area contributed by atoms with Crippen molar-refractivity contribution in [2.45, 2.75) is 62.8 Å². The summed E-state index contributed by atoms with van der Waals surface area (Å²) in [6, 6.07) is 5.70. The Kier molecular flexibility index (Phi) is 6.35. The molecular weight excluding hydrogens is 412 g/mol. The molecule has 3 N–H and O–H groups in total. The molecule has 0 spiro atoms. The van der Waals surface area contributed by atoms with E-state index in [1.165, 1.54) is 12.8 Å². The van der Waals surface area contributed by atoms with Gasteiger partial charge in [0, 0.05) is 42.8 Å². The zero-order valence-corrected chi connectivity index (χ0v) is 18.3. The molecule has 0 aromatic heterocycles. The van der Waals surface area contributed by atoms with Gasteiger partial charge in [-0.1, -0.05) is 0 Å². The quantitative estimate of drug-likeness (QED) is 0.594. The van der Waals surface area contributed by atoms with Crippen LogP contribution in [0.5, 0.6) is 5.75 Å². The number of carbonyl (C=O) groups is 2. The summed E-state index contributed by atoms with van der Waals surface area (Å²) in [6.07, 6.45) is 3.74. The maximum Gasteiger partial charge on any atom is 0.227 e. The van der Waals surface area contributed by atoms with Crippen molar-refractivity contribution in [3.05, 3.63) is 23.8 Å². The molecule has 1 aliphatic carbocycles. The Labute approximate surface area is 188 Å². The van der Waals surface area contributed by atoms with Crippen molar-refractivity contribution >= 4 is 17.5 Å². The lowest BCUT2D eigenvalue weighted by Crippen LogP contribution is -2.47. The number of rotatable bonds is 7. The second-order valence-electron chi connectivity index (χ2n) is 9.48. The van der Waals surface area contributed by atoms with E-state index >= 15 is 0 Å². The number of hydrogen-bond acceptors (Lipinski definition) is 6. The van der Waals surface area contributed by atoms with Gasteiger partial charge in [-0.05, 0) is 56.2 Å². The van der Waals surface area contributed by atoms with Gasteiger partial charge in [0.2, 0.25) is 11.8 Å². The van der Waals surface area contributed by atoms with Crippen LogP contribution in [0.3, 0.4) is 0 Å². The van der Waals surface area contributed by atoms with Crippen LogP contribution in [0.25, 0.3) is 0 Å². The second kappa shape index (κ2) is 9.37. The van der Waals surface area contributed by atoms with E-state index in [1.54, 1.807) is 0 Å². The molecule has 5 rings (SSSR count). The molecule has 2 amide bonds. The van der Waals surface area contributed by atoms with Crippen molar-refractivity contribution in [1.82, 2.24) is 5.32 Å². The Morgan fingerprint density at radius 2 is 1.94 bits per heavy atom. The van der Waals surface area contributed by atoms with Gasteiger partial charge in [-0.15, -0.1) is 0 Å². The van der Waals surface area contributed by atoms with Crippen LogP contribution in [0.15, 0.2) is 18.2 Å². The summed E-state index contributed by atoms with van der Waals surface area (Å²) < 4.78 is 17.5. The van der Waals surface area contributed by atoms with E-state index in [4.69, 9.17) is 14.2 Å². The minimum absolute atomic E-state index is 0.00588. The predicted octanol–water partition coefficient (Wildman–Crippen LogP) is 1.96. The van der Waals surface area contributed by atoms with Crippen LogP contribution < -0.4 is 15.4 Å². The third-order valence-electron chi connectivity index (χ3n) is 7.06. The highest BCUT2D eigenvalue weighted by molar-refractivity contribution is 5.92. The first kappa shape index (κ1) is 21.7. The van der Waals surface area contributed by atoms with Gasteiger partial charge in [-0.2, -0.15) is 0 Å². The predicted molar refractivity (Wildman–Crippen MR) is 116 cm³/mol. The summed E-state index contributed by atoms with van der Waals surface area (Å²) in [7, 11) is 0. The third-order valence-corrected chi connectivity index (χ3v) is 7.06. The fraction of sp³-hybridized carbons (Fsp3) is 0.667. The number of nitrogens with one attached hydrogen (secondary N) is 2. The van der Waals surface area contributed by atoms with Gasteiger partial charge >= 0.3 is 0 Å². The van der Waals surface area contributed by atoms with Gasteiger partial charge in [0.15, 0.2) is 0 Å². The normalized spacial score (nSPS) is 29.5. The summed E-state index contributed by atoms with van der Waals surface area (Å²) in [5, 5.41) is 15.9. The fourth-order valence-electron chi connectivity index (χ4n) is 5.03. The number of benzene rings is 1. The van der Waals surface area contributed by atoms with Crippen LogP contribution in [0.1, 0.15) is 50.0 Å². The summed E-state index contributed by atoms with van der Waals surface area (Å²) in [4.78, 5) is 25.0. The third kappa shape index (κ3) is 4.77. The zero-order valence-electron chi connectivity index (χ0n) is 18.3. The summed E-state index contributed by atoms with van der Waals surface area (Å²) in [5.74, 6) is 1.39. The van der Waals surface area contributed by atoms with E-state index < -0.39 is 6.10 Å². The van der Waals surface area contributed by atoms with E-state index in [9.17, 15) is 14.7 Å². The van der Waals surface area contributed by atoms with Gasteiger partial charge < -0.3 is 30.0 Å². The summed E-state index contributed by atoms with van der Waals surface area (Å²) >= 11 is 0. The Hall–Kier alpha value is -2.16. The number of hydrogen-bond donors (Lipinski definition) is 3. The first-order valence-corrected chi connectivity index (χ1v) is 11.8. The molecule has 4 aliphatic rings. The molecular formula is C24H32N2O6. The molecule has 4 atom stereocenters. The van der Waals surface area contributed by atoms with Crippen LogP contribution in [-0.4, -0.2) is 61.6 Å². The van der Waals surface area contributed by atoms with Gasteiger partial charge in [0.1, 0.15) is 18.0 Å². The van der Waals surface area contributed by atoms with Crippen molar-refractivity contribution < 1.29 is 28.9 Å². The molecule has 1 aromatic carbocycles. The molecule has 8 heteroatoms. The number of fused-ring (bicyclic) bond motifs is 3. The molecule has 3 fully saturated rings. The number of ether oxygens (including phenoxy) is 3. The SMILES string of the molecule is O=C(C[C@@H]1C[C@H]2c3cc(NC(=O)C4CCOCC4)ccc3O[C@H]2[C@H](CO)O1)NCC1CC1. The minimum Gasteiger partial charge on any atom is -0.487 e. The lowest BCUT2D eigenvalue weighted by molar-refractivity contribution is -0.142. The molecule has 174 valence electrons. The Morgan fingerprint density at radius 3 is 2.69 bits per heavy atom. The number of amides is 2. The van der Waals surface area contributed by atoms with E-state index in [0.717, 1.165) is 36.4 Å². The smallest absolute Gasteiger partial charge is 0.227 e. The molecule has 2 saturated heterocycles. The maximum atomic E-state index is 12.6. The lowest BCUT2D eigenvalue weighted by Gasteiger charge is -2.37. The highest BCUT2D eigenvalue weighted by Gasteiger charge is 2.46. The minimum atomic E-state index is -0.484. The van der Waals surface area contributed by atoms with Crippen molar-refractivity contribution in [2.75, 3.05) is 31.7 Å². The van der Waals surface area contributed by atoms with Gasteiger partial charge in [0.05, 0.1) is 19.1 Å². The number of aliphatic hydroxyl groups excluding tert-OH is 1. The van der Waals surface area contributed by atoms with Crippen molar-refractivity contribution in [1.29, 1.82) is 0 Å². The largest absolute Gasteiger partial charge is 0.487 e. The number of anilines is 1. The molecule has 1 saturated carbocycles. The zero-order chi connectivity index (χ0) is 22.1. The van der Waals surface area contributed by atoms with E-state index in [1.807, 2.05) is 18.2 Å². The molecule has 1 aromatic rings. The molecule has 32 heavy (non-hydrogen) atoms. The highest BCUT2D eigenvalue weighted by Crippen LogP contribution is 2.47. The first-order chi connectivity index (χ1) is 15.6. The van der Waals surface area contributed by atoms with Crippen molar-refractivity contribution in [3.8, 4) is 5.75 Å². The van der Waals surface area contributed by atoms with Crippen LogP contribution in [-0.2, 0) is 19.1 Å². The van der Waals surface area contributed by atoms with Crippen LogP contribution in [0.2, 0.25) is 0 Å². The number of aliphatic hydroxyl groups is 1. The van der Waals surface area contributed by atoms with E-state index in [2.05, 4.69) is 10.6 Å². The standard InChI is InChI=1S/C24H32N2O6/c27-13-21-23-19(10-17(31-21)11-22(28)25-12-14-1-2-14)18-9-16(3-4-20(18)32-23)26-24(29)15-5-7-30-8-6-15/h3-4,9,14-15,17,19,21,23,27H,1-2,5-8,10-13H2,(H,25,28)(H,26,29)/t17-,19-,21-,23+/m0/s1. The van der Waals surface area contributed by atoms with Crippen LogP contribution >= 0.6 is 0 Å². The maximum absolute atomic E-state index is 12.6. The van der Waals surface area contributed by atoms with Crippen LogP contribution in [0, 0.1) is 11.8 Å². The number of carbonyl (C=O) groups excluding carboxylic acids is 2. The molecule has 3 heterocycles. The lowest BCUT2D eigenvalue weighted by atomic mass is 9.84. The van der Waals surface area contributed by atoms with Crippen molar-refractivity contribution in [2.24, 2.45) is 11.8 Å². The van der Waals surface area contributed by atoms with Gasteiger partial charge in [0.25, 0.3) is 0 Å².